The lowest BCUT2D eigenvalue weighted by molar-refractivity contribution is -0.128. The molecule has 24 heavy (non-hydrogen) atoms. The molecular weight excluding hydrogens is 324 g/mol. The van der Waals surface area contributed by atoms with E-state index in [1.54, 1.807) is 6.20 Å². The minimum atomic E-state index is -0.392. The smallest absolute Gasteiger partial charge is 0.225 e. The molecule has 1 fully saturated rings. The van der Waals surface area contributed by atoms with Crippen LogP contribution in [0.4, 0.5) is 0 Å². The molecule has 0 spiro atoms. The van der Waals surface area contributed by atoms with E-state index in [1.165, 1.54) is 0 Å². The lowest BCUT2D eigenvalue weighted by Gasteiger charge is -2.37. The molecule has 0 radical (unpaired) electrons. The molecule has 1 aliphatic carbocycles. The second kappa shape index (κ2) is 7.81. The molecule has 1 amide bonds. The minimum Gasteiger partial charge on any atom is -0.352 e. The number of hydrogen-bond donors (Lipinski definition) is 2. The van der Waals surface area contributed by atoms with Gasteiger partial charge in [-0.25, -0.2) is 4.68 Å². The summed E-state index contributed by atoms with van der Waals surface area (Å²) in [4.78, 5) is 12.4. The van der Waals surface area contributed by atoms with Gasteiger partial charge in [0.1, 0.15) is 0 Å². The summed E-state index contributed by atoms with van der Waals surface area (Å²) in [6.45, 7) is 2.47. The van der Waals surface area contributed by atoms with E-state index in [4.69, 9.17) is 5.73 Å². The largest absolute Gasteiger partial charge is 0.352 e. The highest BCUT2D eigenvalue weighted by Gasteiger charge is 2.37. The van der Waals surface area contributed by atoms with Crippen LogP contribution in [-0.2, 0) is 11.3 Å². The molecule has 1 aromatic heterocycles. The first-order chi connectivity index (χ1) is 11.1. The predicted molar refractivity (Wildman–Crippen MR) is 97.2 cm³/mol. The second-order valence-electron chi connectivity index (χ2n) is 6.65. The quantitative estimate of drug-likeness (QED) is 0.892. The molecule has 3 N–H and O–H groups in total. The van der Waals surface area contributed by atoms with Gasteiger partial charge in [-0.2, -0.15) is 5.10 Å². The average molecular weight is 349 g/mol. The standard InChI is InChI=1S/C18H24N4O.ClH/c1-18(19)10-6-5-9-16(18)17(23)20-11-14-12-21-22(13-14)15-7-3-2-4-8-15;/h2-4,7-8,12-13,16H,5-6,9-11,19H2,1H3,(H,20,23);1H. The number of nitrogens with two attached hydrogens (primary N) is 1. The van der Waals surface area contributed by atoms with Gasteiger partial charge in [-0.3, -0.25) is 4.79 Å². The Kier molecular flexibility index (Phi) is 6.02. The van der Waals surface area contributed by atoms with Gasteiger partial charge < -0.3 is 11.1 Å². The Bertz CT molecular complexity index is 669. The fourth-order valence-corrected chi connectivity index (χ4v) is 3.27. The van der Waals surface area contributed by atoms with Crippen LogP contribution in [0.25, 0.3) is 5.69 Å². The average Bonchev–Trinajstić information content (AvgIpc) is 3.02. The molecule has 2 aromatic rings. The summed E-state index contributed by atoms with van der Waals surface area (Å²) >= 11 is 0. The number of carbonyl (C=O) groups is 1. The summed E-state index contributed by atoms with van der Waals surface area (Å²) in [5.41, 5.74) is 7.89. The Morgan fingerprint density at radius 2 is 2.12 bits per heavy atom. The molecule has 1 saturated carbocycles. The van der Waals surface area contributed by atoms with Crippen LogP contribution in [0.2, 0.25) is 0 Å². The molecule has 5 nitrogen and oxygen atoms in total. The Hall–Kier alpha value is -1.85. The summed E-state index contributed by atoms with van der Waals surface area (Å²) in [5.74, 6) is -0.0393. The first-order valence-corrected chi connectivity index (χ1v) is 8.22. The Labute approximate surface area is 149 Å². The van der Waals surface area contributed by atoms with Crippen molar-refractivity contribution in [1.29, 1.82) is 0 Å². The second-order valence-corrected chi connectivity index (χ2v) is 6.65. The van der Waals surface area contributed by atoms with Gasteiger partial charge in [-0.1, -0.05) is 31.0 Å². The normalized spacial score (nSPS) is 23.3. The fraction of sp³-hybridized carbons (Fsp3) is 0.444. The number of amides is 1. The van der Waals surface area contributed by atoms with Gasteiger partial charge in [0.15, 0.2) is 0 Å². The van der Waals surface area contributed by atoms with Crippen LogP contribution >= 0.6 is 12.4 Å². The topological polar surface area (TPSA) is 72.9 Å². The number of hydrogen-bond acceptors (Lipinski definition) is 3. The number of halogens is 1. The molecule has 0 bridgehead atoms. The summed E-state index contributed by atoms with van der Waals surface area (Å²) in [5, 5.41) is 7.36. The molecular formula is C18H25ClN4O. The molecule has 2 atom stereocenters. The van der Waals surface area contributed by atoms with Crippen molar-refractivity contribution in [2.45, 2.75) is 44.7 Å². The van der Waals surface area contributed by atoms with Crippen LogP contribution in [-0.4, -0.2) is 21.2 Å². The maximum Gasteiger partial charge on any atom is 0.225 e. The van der Waals surface area contributed by atoms with Crippen molar-refractivity contribution in [2.75, 3.05) is 0 Å². The van der Waals surface area contributed by atoms with E-state index >= 15 is 0 Å². The molecule has 0 saturated heterocycles. The van der Waals surface area contributed by atoms with Crippen LogP contribution in [0, 0.1) is 5.92 Å². The van der Waals surface area contributed by atoms with Crippen molar-refractivity contribution in [3.8, 4) is 5.69 Å². The van der Waals surface area contributed by atoms with Crippen LogP contribution in [0.1, 0.15) is 38.2 Å². The molecule has 1 heterocycles. The predicted octanol–water partition coefficient (Wildman–Crippen LogP) is 2.82. The minimum absolute atomic E-state index is 0. The lowest BCUT2D eigenvalue weighted by Crippen LogP contribution is -2.52. The highest BCUT2D eigenvalue weighted by molar-refractivity contribution is 5.85. The van der Waals surface area contributed by atoms with E-state index in [-0.39, 0.29) is 24.2 Å². The van der Waals surface area contributed by atoms with Crippen LogP contribution in [0.5, 0.6) is 0 Å². The zero-order valence-corrected chi connectivity index (χ0v) is 14.8. The van der Waals surface area contributed by atoms with Gasteiger partial charge in [-0.05, 0) is 31.9 Å². The molecule has 1 aromatic carbocycles. The number of carbonyl (C=O) groups excluding carboxylic acids is 1. The maximum atomic E-state index is 12.4. The van der Waals surface area contributed by atoms with Gasteiger partial charge >= 0.3 is 0 Å². The molecule has 1 aliphatic rings. The Morgan fingerprint density at radius 1 is 1.38 bits per heavy atom. The van der Waals surface area contributed by atoms with Gasteiger partial charge in [0.2, 0.25) is 5.91 Å². The first-order valence-electron chi connectivity index (χ1n) is 8.22. The van der Waals surface area contributed by atoms with Crippen LogP contribution in [0.15, 0.2) is 42.7 Å². The Morgan fingerprint density at radius 3 is 2.83 bits per heavy atom. The molecule has 6 heteroatoms. The van der Waals surface area contributed by atoms with Crippen molar-refractivity contribution < 1.29 is 4.79 Å². The molecule has 3 rings (SSSR count). The van der Waals surface area contributed by atoms with Crippen LogP contribution < -0.4 is 11.1 Å². The zero-order valence-electron chi connectivity index (χ0n) is 13.9. The summed E-state index contributed by atoms with van der Waals surface area (Å²) < 4.78 is 1.81. The monoisotopic (exact) mass is 348 g/mol. The van der Waals surface area contributed by atoms with Gasteiger partial charge in [0.05, 0.1) is 17.8 Å². The number of para-hydroxylation sites is 1. The number of nitrogens with one attached hydrogen (secondary N) is 1. The molecule has 130 valence electrons. The maximum absolute atomic E-state index is 12.4. The summed E-state index contributed by atoms with van der Waals surface area (Å²) in [6, 6.07) is 9.92. The fourth-order valence-electron chi connectivity index (χ4n) is 3.27. The van der Waals surface area contributed by atoms with Crippen molar-refractivity contribution in [3.05, 3.63) is 48.3 Å². The highest BCUT2D eigenvalue weighted by Crippen LogP contribution is 2.31. The third-order valence-electron chi connectivity index (χ3n) is 4.69. The Balaban J connectivity index is 0.00000208. The van der Waals surface area contributed by atoms with E-state index in [2.05, 4.69) is 10.4 Å². The zero-order chi connectivity index (χ0) is 16.3. The van der Waals surface area contributed by atoms with E-state index in [9.17, 15) is 4.79 Å². The van der Waals surface area contributed by atoms with Gasteiger partial charge in [0, 0.05) is 23.8 Å². The summed E-state index contributed by atoms with van der Waals surface area (Å²) in [7, 11) is 0. The number of aromatic nitrogens is 2. The van der Waals surface area contributed by atoms with Crippen molar-refractivity contribution in [2.24, 2.45) is 11.7 Å². The van der Waals surface area contributed by atoms with Gasteiger partial charge in [-0.15, -0.1) is 12.4 Å². The number of rotatable bonds is 4. The SMILES string of the molecule is CC1(N)CCCCC1C(=O)NCc1cnn(-c2ccccc2)c1.Cl. The first kappa shape index (κ1) is 18.5. The highest BCUT2D eigenvalue weighted by atomic mass is 35.5. The van der Waals surface area contributed by atoms with Gasteiger partial charge in [0.25, 0.3) is 0 Å². The van der Waals surface area contributed by atoms with E-state index in [0.29, 0.717) is 6.54 Å². The molecule has 2 unspecified atom stereocenters. The number of nitrogens with zero attached hydrogens (tertiary/aromatic N) is 2. The molecule has 0 aliphatic heterocycles. The number of benzene rings is 1. The van der Waals surface area contributed by atoms with E-state index in [0.717, 1.165) is 36.9 Å². The van der Waals surface area contributed by atoms with E-state index < -0.39 is 5.54 Å². The summed E-state index contributed by atoms with van der Waals surface area (Å²) in [6.07, 6.45) is 7.71. The van der Waals surface area contributed by atoms with Crippen LogP contribution in [0.3, 0.4) is 0 Å². The van der Waals surface area contributed by atoms with Crippen molar-refractivity contribution >= 4 is 18.3 Å². The lowest BCUT2D eigenvalue weighted by atomic mass is 9.74. The third-order valence-corrected chi connectivity index (χ3v) is 4.69. The van der Waals surface area contributed by atoms with E-state index in [1.807, 2.05) is 48.1 Å². The van der Waals surface area contributed by atoms with Crippen molar-refractivity contribution in [1.82, 2.24) is 15.1 Å². The van der Waals surface area contributed by atoms with Crippen molar-refractivity contribution in [3.63, 3.8) is 0 Å². The third kappa shape index (κ3) is 4.16.